The van der Waals surface area contributed by atoms with Crippen molar-refractivity contribution in [2.45, 2.75) is 64.7 Å². The van der Waals surface area contributed by atoms with E-state index in [1.807, 2.05) is 13.8 Å². The standard InChI is InChI=1S/C16H27NO8S/c1-11(19)17-12(6-8-26(21,22)23)9-16(2,3)14-10-24-13(5-4-7-18)15(20)25-14/h7,12-14H,4-6,8-10H2,1-3H3,(H,17,19)(H,21,22,23)/t12?,13?,14-/m0/s1. The Morgan fingerprint density at radius 1 is 1.46 bits per heavy atom. The number of ether oxygens (including phenoxy) is 2. The Hall–Kier alpha value is -1.52. The predicted octanol–water partition coefficient (Wildman–Crippen LogP) is 0.475. The molecule has 0 saturated carbocycles. The highest BCUT2D eigenvalue weighted by Gasteiger charge is 2.40. The smallest absolute Gasteiger partial charge is 0.335 e. The SMILES string of the molecule is CC(=O)NC(CCS(=O)(=O)O)CC(C)(C)[C@@H]1COC(CCC=O)C(=O)O1. The van der Waals surface area contributed by atoms with Gasteiger partial charge in [0, 0.05) is 24.8 Å². The first-order valence-electron chi connectivity index (χ1n) is 8.42. The Kier molecular flexibility index (Phi) is 8.16. The molecule has 1 amide bonds. The Morgan fingerprint density at radius 3 is 2.62 bits per heavy atom. The van der Waals surface area contributed by atoms with Crippen molar-refractivity contribution < 1.29 is 36.8 Å². The van der Waals surface area contributed by atoms with Crippen molar-refractivity contribution in [3.63, 3.8) is 0 Å². The number of carbonyl (C=O) groups is 3. The Bertz CT molecular complexity index is 616. The number of rotatable bonds is 10. The summed E-state index contributed by atoms with van der Waals surface area (Å²) in [7, 11) is -4.15. The lowest BCUT2D eigenvalue weighted by atomic mass is 9.79. The van der Waals surface area contributed by atoms with Gasteiger partial charge in [-0.15, -0.1) is 0 Å². The summed E-state index contributed by atoms with van der Waals surface area (Å²) in [5, 5.41) is 2.66. The molecule has 0 aromatic carbocycles. The van der Waals surface area contributed by atoms with Crippen molar-refractivity contribution in [1.82, 2.24) is 5.32 Å². The molecular formula is C16H27NO8S. The fourth-order valence-electron chi connectivity index (χ4n) is 2.90. The summed E-state index contributed by atoms with van der Waals surface area (Å²) in [4.78, 5) is 33.8. The van der Waals surface area contributed by atoms with Gasteiger partial charge in [-0.1, -0.05) is 13.8 Å². The van der Waals surface area contributed by atoms with Crippen molar-refractivity contribution in [2.75, 3.05) is 12.4 Å². The molecule has 1 aliphatic rings. The van der Waals surface area contributed by atoms with E-state index in [2.05, 4.69) is 5.32 Å². The second kappa shape index (κ2) is 9.43. The van der Waals surface area contributed by atoms with Crippen LogP contribution in [0.1, 0.15) is 46.5 Å². The van der Waals surface area contributed by atoms with Crippen LogP contribution in [0.2, 0.25) is 0 Å². The van der Waals surface area contributed by atoms with E-state index in [-0.39, 0.29) is 31.8 Å². The molecule has 3 atom stereocenters. The first-order valence-corrected chi connectivity index (χ1v) is 10.0. The normalized spacial score (nSPS) is 22.4. The van der Waals surface area contributed by atoms with E-state index in [1.54, 1.807) is 0 Å². The molecule has 150 valence electrons. The average Bonchev–Trinajstić information content (AvgIpc) is 2.50. The molecule has 0 aromatic heterocycles. The molecule has 1 fully saturated rings. The molecule has 26 heavy (non-hydrogen) atoms. The van der Waals surface area contributed by atoms with Crippen LogP contribution in [0.3, 0.4) is 0 Å². The summed E-state index contributed by atoms with van der Waals surface area (Å²) in [6.45, 7) is 5.10. The maximum absolute atomic E-state index is 12.0. The van der Waals surface area contributed by atoms with Crippen LogP contribution in [0, 0.1) is 5.41 Å². The molecule has 2 unspecified atom stereocenters. The summed E-state index contributed by atoms with van der Waals surface area (Å²) in [6, 6.07) is -0.518. The van der Waals surface area contributed by atoms with E-state index in [4.69, 9.17) is 14.0 Å². The summed E-state index contributed by atoms with van der Waals surface area (Å²) in [6.07, 6.45) is 0.183. The minimum absolute atomic E-state index is 0.0331. The first kappa shape index (κ1) is 22.5. The largest absolute Gasteiger partial charge is 0.457 e. The van der Waals surface area contributed by atoms with Crippen LogP contribution in [0.5, 0.6) is 0 Å². The van der Waals surface area contributed by atoms with E-state index in [1.165, 1.54) is 6.92 Å². The topological polar surface area (TPSA) is 136 Å². The Labute approximate surface area is 153 Å². The molecule has 0 bridgehead atoms. The summed E-state index contributed by atoms with van der Waals surface area (Å²) in [5.41, 5.74) is -0.613. The van der Waals surface area contributed by atoms with E-state index in [0.29, 0.717) is 12.7 Å². The highest BCUT2D eigenvalue weighted by molar-refractivity contribution is 7.85. The van der Waals surface area contributed by atoms with Crippen LogP contribution in [0.25, 0.3) is 0 Å². The van der Waals surface area contributed by atoms with Gasteiger partial charge in [-0.25, -0.2) is 4.79 Å². The summed E-state index contributed by atoms with van der Waals surface area (Å²) < 4.78 is 41.9. The number of aldehydes is 1. The lowest BCUT2D eigenvalue weighted by molar-refractivity contribution is -0.196. The zero-order valence-corrected chi connectivity index (χ0v) is 16.1. The molecule has 10 heteroatoms. The lowest BCUT2D eigenvalue weighted by Crippen LogP contribution is -2.49. The highest BCUT2D eigenvalue weighted by atomic mass is 32.2. The van der Waals surface area contributed by atoms with Gasteiger partial charge in [-0.3, -0.25) is 9.35 Å². The molecular weight excluding hydrogens is 366 g/mol. The lowest BCUT2D eigenvalue weighted by Gasteiger charge is -2.40. The van der Waals surface area contributed by atoms with Gasteiger partial charge < -0.3 is 19.6 Å². The Balaban J connectivity index is 2.72. The monoisotopic (exact) mass is 393 g/mol. The number of carbonyl (C=O) groups excluding carboxylic acids is 3. The van der Waals surface area contributed by atoms with Gasteiger partial charge in [-0.05, 0) is 19.3 Å². The van der Waals surface area contributed by atoms with Crippen LogP contribution in [-0.2, 0) is 34.0 Å². The van der Waals surface area contributed by atoms with E-state index in [9.17, 15) is 22.8 Å². The molecule has 9 nitrogen and oxygen atoms in total. The number of esters is 1. The van der Waals surface area contributed by atoms with Crippen molar-refractivity contribution in [3.05, 3.63) is 0 Å². The molecule has 1 saturated heterocycles. The van der Waals surface area contributed by atoms with Gasteiger partial charge in [0.05, 0.1) is 12.4 Å². The quantitative estimate of drug-likeness (QED) is 0.311. The number of hydrogen-bond acceptors (Lipinski definition) is 7. The van der Waals surface area contributed by atoms with Gasteiger partial charge in [0.1, 0.15) is 12.4 Å². The number of cyclic esters (lactones) is 1. The van der Waals surface area contributed by atoms with Crippen LogP contribution in [-0.4, -0.2) is 61.7 Å². The third kappa shape index (κ3) is 7.79. The first-order chi connectivity index (χ1) is 11.9. The molecule has 0 radical (unpaired) electrons. The van der Waals surface area contributed by atoms with Crippen molar-refractivity contribution >= 4 is 28.3 Å². The zero-order valence-electron chi connectivity index (χ0n) is 15.3. The third-order valence-electron chi connectivity index (χ3n) is 4.29. The van der Waals surface area contributed by atoms with E-state index in [0.717, 1.165) is 0 Å². The predicted molar refractivity (Wildman–Crippen MR) is 92.0 cm³/mol. The van der Waals surface area contributed by atoms with Crippen molar-refractivity contribution in [2.24, 2.45) is 5.41 Å². The highest BCUT2D eigenvalue weighted by Crippen LogP contribution is 2.33. The fraction of sp³-hybridized carbons (Fsp3) is 0.812. The minimum atomic E-state index is -4.15. The number of hydrogen-bond donors (Lipinski definition) is 2. The van der Waals surface area contributed by atoms with Gasteiger partial charge in [0.2, 0.25) is 5.91 Å². The van der Waals surface area contributed by atoms with Crippen LogP contribution in [0.4, 0.5) is 0 Å². The second-order valence-electron chi connectivity index (χ2n) is 7.16. The maximum Gasteiger partial charge on any atom is 0.335 e. The maximum atomic E-state index is 12.0. The molecule has 0 spiro atoms. The molecule has 0 aliphatic carbocycles. The summed E-state index contributed by atoms with van der Waals surface area (Å²) >= 11 is 0. The fourth-order valence-corrected chi connectivity index (χ4v) is 3.48. The van der Waals surface area contributed by atoms with Gasteiger partial charge in [0.25, 0.3) is 10.1 Å². The van der Waals surface area contributed by atoms with Gasteiger partial charge in [0.15, 0.2) is 6.10 Å². The third-order valence-corrected chi connectivity index (χ3v) is 5.04. The molecule has 1 heterocycles. The van der Waals surface area contributed by atoms with Gasteiger partial charge in [-0.2, -0.15) is 8.42 Å². The molecule has 1 rings (SSSR count). The molecule has 2 N–H and O–H groups in total. The number of nitrogens with one attached hydrogen (secondary N) is 1. The summed E-state index contributed by atoms with van der Waals surface area (Å²) in [5.74, 6) is -1.35. The average molecular weight is 393 g/mol. The van der Waals surface area contributed by atoms with Gasteiger partial charge >= 0.3 is 5.97 Å². The van der Waals surface area contributed by atoms with Crippen LogP contribution >= 0.6 is 0 Å². The van der Waals surface area contributed by atoms with E-state index >= 15 is 0 Å². The Morgan fingerprint density at radius 2 is 2.12 bits per heavy atom. The van der Waals surface area contributed by atoms with Crippen molar-refractivity contribution in [3.8, 4) is 0 Å². The number of amides is 1. The molecule has 1 aliphatic heterocycles. The minimum Gasteiger partial charge on any atom is -0.457 e. The van der Waals surface area contributed by atoms with Crippen molar-refractivity contribution in [1.29, 1.82) is 0 Å². The zero-order chi connectivity index (χ0) is 20.0. The second-order valence-corrected chi connectivity index (χ2v) is 8.73. The van der Waals surface area contributed by atoms with E-state index < -0.39 is 45.5 Å². The molecule has 0 aromatic rings. The van der Waals surface area contributed by atoms with Crippen LogP contribution in [0.15, 0.2) is 0 Å². The van der Waals surface area contributed by atoms with Crippen LogP contribution < -0.4 is 5.32 Å².